The highest BCUT2D eigenvalue weighted by Gasteiger charge is 2.39. The second-order valence-corrected chi connectivity index (χ2v) is 8.39. The monoisotopic (exact) mass is 381 g/mol. The van der Waals surface area contributed by atoms with Gasteiger partial charge in [-0.2, -0.15) is 0 Å². The van der Waals surface area contributed by atoms with Gasteiger partial charge in [-0.3, -0.25) is 19.7 Å². The summed E-state index contributed by atoms with van der Waals surface area (Å²) in [5.74, 6) is 0.198. The van der Waals surface area contributed by atoms with Gasteiger partial charge in [-0.25, -0.2) is 0 Å². The summed E-state index contributed by atoms with van der Waals surface area (Å²) in [6.07, 6.45) is 5.30. The van der Waals surface area contributed by atoms with Crippen LogP contribution in [0.3, 0.4) is 0 Å². The number of carbonyl (C=O) groups excluding carboxylic acids is 1. The predicted molar refractivity (Wildman–Crippen MR) is 102 cm³/mol. The SMILES string of the molecule is Cc1nnc(-c2cc3cc(CC(=O)CN4C[C@@H]5C[C@H]4CO5)ncc3cn2)s1. The lowest BCUT2D eigenvalue weighted by atomic mass is 10.1. The van der Waals surface area contributed by atoms with Crippen molar-refractivity contribution < 1.29 is 9.53 Å². The average molecular weight is 381 g/mol. The normalized spacial score (nSPS) is 22.0. The van der Waals surface area contributed by atoms with Gasteiger partial charge >= 0.3 is 0 Å². The summed E-state index contributed by atoms with van der Waals surface area (Å²) in [6, 6.07) is 4.38. The van der Waals surface area contributed by atoms with Gasteiger partial charge in [0.2, 0.25) is 0 Å². The molecule has 0 N–H and O–H groups in total. The predicted octanol–water partition coefficient (Wildman–Crippen LogP) is 2.04. The summed E-state index contributed by atoms with van der Waals surface area (Å²) < 4.78 is 5.60. The van der Waals surface area contributed by atoms with Crippen LogP contribution in [-0.2, 0) is 16.0 Å². The smallest absolute Gasteiger partial charge is 0.166 e. The van der Waals surface area contributed by atoms with E-state index in [1.54, 1.807) is 12.4 Å². The molecule has 0 amide bonds. The van der Waals surface area contributed by atoms with Crippen LogP contribution in [0.15, 0.2) is 24.5 Å². The molecule has 7 nitrogen and oxygen atoms in total. The van der Waals surface area contributed by atoms with Crippen molar-refractivity contribution in [3.8, 4) is 10.7 Å². The molecule has 3 aromatic heterocycles. The van der Waals surface area contributed by atoms with Crippen LogP contribution in [0.4, 0.5) is 0 Å². The van der Waals surface area contributed by atoms with E-state index in [9.17, 15) is 4.79 Å². The van der Waals surface area contributed by atoms with E-state index in [0.717, 1.165) is 51.7 Å². The minimum atomic E-state index is 0.198. The first-order valence-corrected chi connectivity index (χ1v) is 9.88. The van der Waals surface area contributed by atoms with Crippen molar-refractivity contribution in [2.75, 3.05) is 19.7 Å². The van der Waals surface area contributed by atoms with E-state index in [1.807, 2.05) is 19.1 Å². The number of carbonyl (C=O) groups is 1. The van der Waals surface area contributed by atoms with Crippen molar-refractivity contribution in [1.82, 2.24) is 25.1 Å². The number of morpholine rings is 1. The lowest BCUT2D eigenvalue weighted by Gasteiger charge is -2.25. The van der Waals surface area contributed by atoms with Gasteiger partial charge in [0.15, 0.2) is 10.8 Å². The zero-order valence-corrected chi connectivity index (χ0v) is 15.8. The summed E-state index contributed by atoms with van der Waals surface area (Å²) in [5.41, 5.74) is 1.59. The Morgan fingerprint density at radius 2 is 2.15 bits per heavy atom. The van der Waals surface area contributed by atoms with Gasteiger partial charge in [0.25, 0.3) is 0 Å². The summed E-state index contributed by atoms with van der Waals surface area (Å²) >= 11 is 1.52. The van der Waals surface area contributed by atoms with E-state index in [4.69, 9.17) is 4.74 Å². The molecule has 0 unspecified atom stereocenters. The van der Waals surface area contributed by atoms with Crippen LogP contribution in [-0.4, -0.2) is 62.7 Å². The fourth-order valence-corrected chi connectivity index (χ4v) is 4.51. The first-order chi connectivity index (χ1) is 13.1. The minimum Gasteiger partial charge on any atom is -0.375 e. The van der Waals surface area contributed by atoms with Crippen LogP contribution in [0.1, 0.15) is 17.1 Å². The minimum absolute atomic E-state index is 0.198. The molecule has 2 atom stereocenters. The Kier molecular flexibility index (Phi) is 4.18. The molecule has 27 heavy (non-hydrogen) atoms. The largest absolute Gasteiger partial charge is 0.375 e. The van der Waals surface area contributed by atoms with Gasteiger partial charge < -0.3 is 4.74 Å². The van der Waals surface area contributed by atoms with Crippen molar-refractivity contribution in [1.29, 1.82) is 0 Å². The van der Waals surface area contributed by atoms with E-state index < -0.39 is 0 Å². The third-order valence-corrected chi connectivity index (χ3v) is 6.04. The third-order valence-electron chi connectivity index (χ3n) is 5.18. The van der Waals surface area contributed by atoms with Gasteiger partial charge in [0.05, 0.1) is 25.7 Å². The van der Waals surface area contributed by atoms with E-state index >= 15 is 0 Å². The Morgan fingerprint density at radius 1 is 1.26 bits per heavy atom. The second-order valence-electron chi connectivity index (χ2n) is 7.21. The maximum absolute atomic E-state index is 12.5. The van der Waals surface area contributed by atoms with Crippen molar-refractivity contribution in [2.24, 2.45) is 0 Å². The standard InChI is InChI=1S/C19H19N5O2S/c1-11-22-23-19(27-11)18-3-12-2-14(20-6-13(12)7-21-18)4-16(25)8-24-9-17-5-15(24)10-26-17/h2-3,6-7,15,17H,4-5,8-10H2,1H3/t15-,17-/m0/s1. The maximum Gasteiger partial charge on any atom is 0.166 e. The van der Waals surface area contributed by atoms with Gasteiger partial charge in [-0.15, -0.1) is 10.2 Å². The van der Waals surface area contributed by atoms with Crippen LogP contribution in [0.2, 0.25) is 0 Å². The fourth-order valence-electron chi connectivity index (χ4n) is 3.85. The number of Topliss-reactive ketones (excluding diaryl/α,β-unsaturated/α-hetero) is 1. The highest BCUT2D eigenvalue weighted by Crippen LogP contribution is 2.28. The van der Waals surface area contributed by atoms with Gasteiger partial charge in [0, 0.05) is 36.1 Å². The number of rotatable bonds is 5. The Bertz CT molecular complexity index is 1020. The molecule has 2 bridgehead atoms. The van der Waals surface area contributed by atoms with Crippen molar-refractivity contribution in [2.45, 2.75) is 31.9 Å². The van der Waals surface area contributed by atoms with Crippen LogP contribution in [0.25, 0.3) is 21.5 Å². The van der Waals surface area contributed by atoms with E-state index in [1.165, 1.54) is 11.3 Å². The molecule has 8 heteroatoms. The van der Waals surface area contributed by atoms with Crippen LogP contribution in [0, 0.1) is 6.92 Å². The van der Waals surface area contributed by atoms with Crippen LogP contribution >= 0.6 is 11.3 Å². The number of ketones is 1. The fraction of sp³-hybridized carbons (Fsp3) is 0.421. The molecule has 2 saturated heterocycles. The van der Waals surface area contributed by atoms with Crippen molar-refractivity contribution in [3.63, 3.8) is 0 Å². The molecule has 3 aromatic rings. The highest BCUT2D eigenvalue weighted by atomic mass is 32.1. The molecule has 5 heterocycles. The molecule has 0 saturated carbocycles. The van der Waals surface area contributed by atoms with E-state index in [2.05, 4.69) is 25.1 Å². The quantitative estimate of drug-likeness (QED) is 0.669. The number of aryl methyl sites for hydroxylation is 1. The molecule has 0 spiro atoms. The summed E-state index contributed by atoms with van der Waals surface area (Å²) in [7, 11) is 0. The first kappa shape index (κ1) is 16.9. The van der Waals surface area contributed by atoms with Gasteiger partial charge in [0.1, 0.15) is 10.7 Å². The Balaban J connectivity index is 1.33. The Morgan fingerprint density at radius 3 is 2.89 bits per heavy atom. The molecule has 0 radical (unpaired) electrons. The zero-order chi connectivity index (χ0) is 18.4. The molecule has 2 aliphatic heterocycles. The maximum atomic E-state index is 12.5. The van der Waals surface area contributed by atoms with Crippen molar-refractivity contribution >= 4 is 27.9 Å². The molecule has 5 rings (SSSR count). The molecule has 0 aliphatic carbocycles. The lowest BCUT2D eigenvalue weighted by Crippen LogP contribution is -2.40. The molecule has 0 aromatic carbocycles. The number of fused-ring (bicyclic) bond motifs is 3. The molecule has 138 valence electrons. The molecular weight excluding hydrogens is 362 g/mol. The third kappa shape index (κ3) is 3.36. The van der Waals surface area contributed by atoms with E-state index in [0.29, 0.717) is 25.1 Å². The number of aromatic nitrogens is 4. The Hall–Kier alpha value is -2.29. The summed E-state index contributed by atoms with van der Waals surface area (Å²) in [4.78, 5) is 23.7. The van der Waals surface area contributed by atoms with Crippen molar-refractivity contribution in [3.05, 3.63) is 35.2 Å². The number of hydrogen-bond acceptors (Lipinski definition) is 8. The lowest BCUT2D eigenvalue weighted by molar-refractivity contribution is -0.120. The highest BCUT2D eigenvalue weighted by molar-refractivity contribution is 7.14. The number of pyridine rings is 2. The van der Waals surface area contributed by atoms with Gasteiger partial charge in [-0.05, 0) is 30.9 Å². The van der Waals surface area contributed by atoms with Crippen LogP contribution in [0.5, 0.6) is 0 Å². The molecule has 2 fully saturated rings. The van der Waals surface area contributed by atoms with Gasteiger partial charge in [-0.1, -0.05) is 11.3 Å². The molecular formula is C19H19N5O2S. The summed E-state index contributed by atoms with van der Waals surface area (Å²) in [6.45, 7) is 4.04. The molecule has 2 aliphatic rings. The summed E-state index contributed by atoms with van der Waals surface area (Å²) in [5, 5.41) is 11.9. The number of likely N-dealkylation sites (tertiary alicyclic amines) is 1. The topological polar surface area (TPSA) is 81.1 Å². The average Bonchev–Trinajstić information content (AvgIpc) is 3.38. The first-order valence-electron chi connectivity index (χ1n) is 9.06. The van der Waals surface area contributed by atoms with E-state index in [-0.39, 0.29) is 5.78 Å². The zero-order valence-electron chi connectivity index (χ0n) is 15.0. The number of ether oxygens (including phenoxy) is 1. The Labute approximate surface area is 160 Å². The van der Waals surface area contributed by atoms with Crippen LogP contribution < -0.4 is 0 Å². The second kappa shape index (κ2) is 6.70. The number of hydrogen-bond donors (Lipinski definition) is 0. The number of nitrogens with zero attached hydrogens (tertiary/aromatic N) is 5.